The third kappa shape index (κ3) is 2.67. The standard InChI is InChI=1S/C8H16O2/c1-7(2)6-9-10-8-4-3-5-8/h7-8H,3-6H2,1-2H3. The molecular weight excluding hydrogens is 128 g/mol. The molecule has 1 fully saturated rings. The predicted molar refractivity (Wildman–Crippen MR) is 39.5 cm³/mol. The van der Waals surface area contributed by atoms with Crippen LogP contribution >= 0.6 is 0 Å². The van der Waals surface area contributed by atoms with Crippen molar-refractivity contribution >= 4 is 0 Å². The zero-order valence-corrected chi connectivity index (χ0v) is 6.80. The maximum atomic E-state index is 5.09. The molecule has 0 N–H and O–H groups in total. The molecule has 0 unspecified atom stereocenters. The Balaban J connectivity index is 1.85. The van der Waals surface area contributed by atoms with E-state index in [2.05, 4.69) is 13.8 Å². The lowest BCUT2D eigenvalue weighted by atomic mass is 9.97. The minimum absolute atomic E-state index is 0.402. The van der Waals surface area contributed by atoms with Crippen molar-refractivity contribution in [3.8, 4) is 0 Å². The highest BCUT2D eigenvalue weighted by Gasteiger charge is 2.18. The second-order valence-corrected chi connectivity index (χ2v) is 3.33. The van der Waals surface area contributed by atoms with Crippen LogP contribution in [0, 0.1) is 5.92 Å². The first-order valence-electron chi connectivity index (χ1n) is 4.07. The van der Waals surface area contributed by atoms with Gasteiger partial charge in [-0.15, -0.1) is 0 Å². The minimum atomic E-state index is 0.402. The second-order valence-electron chi connectivity index (χ2n) is 3.33. The van der Waals surface area contributed by atoms with Crippen LogP contribution in [-0.2, 0) is 9.78 Å². The fraction of sp³-hybridized carbons (Fsp3) is 1.00. The normalized spacial score (nSPS) is 19.5. The van der Waals surface area contributed by atoms with E-state index in [0.29, 0.717) is 12.0 Å². The van der Waals surface area contributed by atoms with Crippen LogP contribution in [0.25, 0.3) is 0 Å². The highest BCUT2D eigenvalue weighted by Crippen LogP contribution is 2.21. The van der Waals surface area contributed by atoms with Crippen LogP contribution in [0.1, 0.15) is 33.1 Å². The molecule has 0 saturated heterocycles. The summed E-state index contributed by atoms with van der Waals surface area (Å²) in [5, 5.41) is 0. The van der Waals surface area contributed by atoms with Crippen molar-refractivity contribution in [1.29, 1.82) is 0 Å². The van der Waals surface area contributed by atoms with Crippen molar-refractivity contribution in [2.45, 2.75) is 39.2 Å². The van der Waals surface area contributed by atoms with Gasteiger partial charge >= 0.3 is 0 Å². The van der Waals surface area contributed by atoms with Crippen molar-refractivity contribution in [3.05, 3.63) is 0 Å². The Bertz CT molecular complexity index is 87.3. The van der Waals surface area contributed by atoms with E-state index in [9.17, 15) is 0 Å². The molecule has 0 bridgehead atoms. The molecule has 1 rings (SSSR count). The zero-order valence-electron chi connectivity index (χ0n) is 6.80. The van der Waals surface area contributed by atoms with Gasteiger partial charge in [0, 0.05) is 0 Å². The monoisotopic (exact) mass is 144 g/mol. The van der Waals surface area contributed by atoms with E-state index >= 15 is 0 Å². The maximum Gasteiger partial charge on any atom is 0.0930 e. The third-order valence-electron chi connectivity index (χ3n) is 1.66. The highest BCUT2D eigenvalue weighted by atomic mass is 17.2. The van der Waals surface area contributed by atoms with Gasteiger partial charge in [-0.2, -0.15) is 0 Å². The highest BCUT2D eigenvalue weighted by molar-refractivity contribution is 4.67. The average molecular weight is 144 g/mol. The van der Waals surface area contributed by atoms with Crippen LogP contribution in [-0.4, -0.2) is 12.7 Å². The van der Waals surface area contributed by atoms with E-state index in [-0.39, 0.29) is 0 Å². The first-order chi connectivity index (χ1) is 4.79. The SMILES string of the molecule is CC(C)COOC1CCC1. The van der Waals surface area contributed by atoms with E-state index in [4.69, 9.17) is 9.78 Å². The fourth-order valence-corrected chi connectivity index (χ4v) is 0.739. The largest absolute Gasteiger partial charge is 0.236 e. The fourth-order valence-electron chi connectivity index (χ4n) is 0.739. The quantitative estimate of drug-likeness (QED) is 0.444. The van der Waals surface area contributed by atoms with Gasteiger partial charge in [0.2, 0.25) is 0 Å². The molecular formula is C8H16O2. The number of hydrogen-bond donors (Lipinski definition) is 0. The molecule has 60 valence electrons. The van der Waals surface area contributed by atoms with E-state index < -0.39 is 0 Å². The third-order valence-corrected chi connectivity index (χ3v) is 1.66. The zero-order chi connectivity index (χ0) is 7.40. The lowest BCUT2D eigenvalue weighted by molar-refractivity contribution is -0.340. The Hall–Kier alpha value is -0.0800. The lowest BCUT2D eigenvalue weighted by Gasteiger charge is -2.24. The molecule has 0 aromatic heterocycles. The van der Waals surface area contributed by atoms with E-state index in [1.165, 1.54) is 19.3 Å². The molecule has 0 atom stereocenters. The Labute approximate surface area is 62.4 Å². The Morgan fingerprint density at radius 2 is 2.10 bits per heavy atom. The summed E-state index contributed by atoms with van der Waals surface area (Å²) in [6.07, 6.45) is 4.06. The van der Waals surface area contributed by atoms with Gasteiger partial charge in [-0.25, -0.2) is 9.78 Å². The van der Waals surface area contributed by atoms with Gasteiger partial charge in [-0.1, -0.05) is 13.8 Å². The predicted octanol–water partition coefficient (Wildman–Crippen LogP) is 2.14. The minimum Gasteiger partial charge on any atom is -0.236 e. The maximum absolute atomic E-state index is 5.09. The van der Waals surface area contributed by atoms with Gasteiger partial charge in [-0.3, -0.25) is 0 Å². The smallest absolute Gasteiger partial charge is 0.0930 e. The first kappa shape index (κ1) is 8.02. The Morgan fingerprint density at radius 3 is 2.50 bits per heavy atom. The van der Waals surface area contributed by atoms with Crippen molar-refractivity contribution < 1.29 is 9.78 Å². The van der Waals surface area contributed by atoms with Crippen molar-refractivity contribution in [1.82, 2.24) is 0 Å². The van der Waals surface area contributed by atoms with E-state index in [1.54, 1.807) is 0 Å². The van der Waals surface area contributed by atoms with Gasteiger partial charge < -0.3 is 0 Å². The van der Waals surface area contributed by atoms with Crippen LogP contribution in [0.15, 0.2) is 0 Å². The first-order valence-corrected chi connectivity index (χ1v) is 4.07. The molecule has 1 saturated carbocycles. The van der Waals surface area contributed by atoms with Crippen molar-refractivity contribution in [2.75, 3.05) is 6.61 Å². The lowest BCUT2D eigenvalue weighted by Crippen LogP contribution is -2.22. The Morgan fingerprint density at radius 1 is 1.40 bits per heavy atom. The molecule has 0 amide bonds. The second kappa shape index (κ2) is 3.94. The number of hydrogen-bond acceptors (Lipinski definition) is 2. The summed E-state index contributed by atoms with van der Waals surface area (Å²) in [4.78, 5) is 10.1. The molecule has 1 aliphatic carbocycles. The molecule has 0 heterocycles. The number of rotatable bonds is 4. The summed E-state index contributed by atoms with van der Waals surface area (Å²) in [6, 6.07) is 0. The molecule has 1 aliphatic rings. The summed E-state index contributed by atoms with van der Waals surface area (Å²) in [6.45, 7) is 4.95. The van der Waals surface area contributed by atoms with Crippen molar-refractivity contribution in [2.24, 2.45) is 5.92 Å². The van der Waals surface area contributed by atoms with Gasteiger partial charge in [0.1, 0.15) is 0 Å². The molecule has 0 radical (unpaired) electrons. The summed E-state index contributed by atoms with van der Waals surface area (Å²) < 4.78 is 0. The molecule has 2 nitrogen and oxygen atoms in total. The summed E-state index contributed by atoms with van der Waals surface area (Å²) in [7, 11) is 0. The average Bonchev–Trinajstić information content (AvgIpc) is 1.75. The van der Waals surface area contributed by atoms with Crippen LogP contribution in [0.2, 0.25) is 0 Å². The van der Waals surface area contributed by atoms with E-state index in [1.807, 2.05) is 0 Å². The molecule has 0 aliphatic heterocycles. The topological polar surface area (TPSA) is 18.5 Å². The molecule has 0 aromatic rings. The molecule has 0 spiro atoms. The van der Waals surface area contributed by atoms with Gasteiger partial charge in [-0.05, 0) is 25.2 Å². The van der Waals surface area contributed by atoms with Crippen LogP contribution < -0.4 is 0 Å². The summed E-state index contributed by atoms with van der Waals surface area (Å²) >= 11 is 0. The summed E-state index contributed by atoms with van der Waals surface area (Å²) in [5.41, 5.74) is 0. The van der Waals surface area contributed by atoms with E-state index in [0.717, 1.165) is 6.61 Å². The van der Waals surface area contributed by atoms with Gasteiger partial charge in [0.25, 0.3) is 0 Å². The van der Waals surface area contributed by atoms with Gasteiger partial charge in [0.05, 0.1) is 12.7 Å². The molecule has 2 heteroatoms. The van der Waals surface area contributed by atoms with Crippen LogP contribution in [0.5, 0.6) is 0 Å². The van der Waals surface area contributed by atoms with Crippen LogP contribution in [0.4, 0.5) is 0 Å². The van der Waals surface area contributed by atoms with Crippen LogP contribution in [0.3, 0.4) is 0 Å². The van der Waals surface area contributed by atoms with Crippen molar-refractivity contribution in [3.63, 3.8) is 0 Å². The molecule has 0 aromatic carbocycles. The summed E-state index contributed by atoms with van der Waals surface area (Å²) in [5.74, 6) is 0.570. The van der Waals surface area contributed by atoms with Gasteiger partial charge in [0.15, 0.2) is 0 Å². The molecule has 10 heavy (non-hydrogen) atoms. The Kier molecular flexibility index (Phi) is 3.16.